The molecule has 0 radical (unpaired) electrons. The molecule has 0 spiro atoms. The fraction of sp³-hybridized carbons (Fsp3) is 0.652. The number of amides is 2. The van der Waals surface area contributed by atoms with Crippen LogP contribution in [0.2, 0.25) is 0 Å². The summed E-state index contributed by atoms with van der Waals surface area (Å²) in [6, 6.07) is 0. The number of hydrogen-bond donors (Lipinski definition) is 2. The molecule has 9 heteroatoms. The van der Waals surface area contributed by atoms with E-state index < -0.39 is 14.8 Å². The first-order valence-corrected chi connectivity index (χ1v) is 12.6. The van der Waals surface area contributed by atoms with Crippen LogP contribution in [0.5, 0.6) is 0 Å². The van der Waals surface area contributed by atoms with Gasteiger partial charge in [0.1, 0.15) is 0 Å². The smallest absolute Gasteiger partial charge is 0.226 e. The summed E-state index contributed by atoms with van der Waals surface area (Å²) in [5, 5.41) is 2.80. The maximum atomic E-state index is 12.4. The van der Waals surface area contributed by atoms with Crippen LogP contribution in [-0.4, -0.2) is 61.7 Å². The van der Waals surface area contributed by atoms with Gasteiger partial charge in [-0.05, 0) is 59.6 Å². The Hall–Kier alpha value is -1.97. The second-order valence-electron chi connectivity index (χ2n) is 9.04. The minimum atomic E-state index is -3.37. The molecule has 0 saturated carbocycles. The molecule has 0 aromatic heterocycles. The molecule has 2 amide bonds. The van der Waals surface area contributed by atoms with Crippen LogP contribution in [0.25, 0.3) is 0 Å². The van der Waals surface area contributed by atoms with Gasteiger partial charge in [-0.3, -0.25) is 9.59 Å². The summed E-state index contributed by atoms with van der Waals surface area (Å²) in [5.41, 5.74) is 0.551. The van der Waals surface area contributed by atoms with E-state index in [0.29, 0.717) is 38.2 Å². The molecule has 1 aliphatic rings. The van der Waals surface area contributed by atoms with Gasteiger partial charge in [0.05, 0.1) is 17.0 Å². The molecule has 8 nitrogen and oxygen atoms in total. The van der Waals surface area contributed by atoms with Crippen LogP contribution in [0.4, 0.5) is 0 Å². The number of carbonyl (C=O) groups excluding carboxylic acids is 2. The molecule has 182 valence electrons. The van der Waals surface area contributed by atoms with Gasteiger partial charge in [0.25, 0.3) is 0 Å². The predicted octanol–water partition coefficient (Wildman–Crippen LogP) is 2.64. The number of sulfonamides is 1. The zero-order valence-corrected chi connectivity index (χ0v) is 20.8. The fourth-order valence-electron chi connectivity index (χ4n) is 3.12. The van der Waals surface area contributed by atoms with Gasteiger partial charge >= 0.3 is 0 Å². The Morgan fingerprint density at radius 3 is 2.34 bits per heavy atom. The summed E-state index contributed by atoms with van der Waals surface area (Å²) in [7, 11) is -3.37. The van der Waals surface area contributed by atoms with Crippen molar-refractivity contribution in [2.24, 2.45) is 0 Å². The van der Waals surface area contributed by atoms with E-state index in [2.05, 4.69) is 16.6 Å². The second-order valence-corrected chi connectivity index (χ2v) is 11.6. The van der Waals surface area contributed by atoms with Crippen molar-refractivity contribution in [1.29, 1.82) is 0 Å². The molecule has 0 bridgehead atoms. The number of carbonyl (C=O) groups is 2. The van der Waals surface area contributed by atoms with Crippen molar-refractivity contribution in [1.82, 2.24) is 14.9 Å². The molecule has 0 aromatic carbocycles. The van der Waals surface area contributed by atoms with Crippen molar-refractivity contribution >= 4 is 21.8 Å². The first kappa shape index (κ1) is 28.1. The van der Waals surface area contributed by atoms with Gasteiger partial charge in [-0.2, -0.15) is 0 Å². The van der Waals surface area contributed by atoms with E-state index in [4.69, 9.17) is 4.74 Å². The molecular formula is C23H39N3O5S. The summed E-state index contributed by atoms with van der Waals surface area (Å²) in [6.45, 7) is 13.9. The highest BCUT2D eigenvalue weighted by Crippen LogP contribution is 2.13. The Morgan fingerprint density at radius 1 is 1.16 bits per heavy atom. The monoisotopic (exact) mass is 469 g/mol. The van der Waals surface area contributed by atoms with E-state index in [1.807, 2.05) is 13.8 Å². The van der Waals surface area contributed by atoms with Crippen molar-refractivity contribution in [2.45, 2.75) is 77.3 Å². The maximum Gasteiger partial charge on any atom is 0.226 e. The second kappa shape index (κ2) is 12.9. The van der Waals surface area contributed by atoms with Crippen LogP contribution >= 0.6 is 0 Å². The third-order valence-electron chi connectivity index (χ3n) is 4.87. The van der Waals surface area contributed by atoms with Crippen LogP contribution in [-0.2, 0) is 24.3 Å². The van der Waals surface area contributed by atoms with E-state index >= 15 is 0 Å². The lowest BCUT2D eigenvalue weighted by molar-refractivity contribution is -0.142. The Bertz CT molecular complexity index is 802. The van der Waals surface area contributed by atoms with E-state index in [1.165, 1.54) is 0 Å². The third-order valence-corrected chi connectivity index (χ3v) is 7.07. The predicted molar refractivity (Wildman–Crippen MR) is 127 cm³/mol. The fourth-order valence-corrected chi connectivity index (χ4v) is 3.97. The molecule has 32 heavy (non-hydrogen) atoms. The molecule has 1 rings (SSSR count). The number of nitrogens with zero attached hydrogens (tertiary/aromatic N) is 1. The Kier molecular flexibility index (Phi) is 11.3. The summed E-state index contributed by atoms with van der Waals surface area (Å²) in [4.78, 5) is 26.4. The molecule has 1 fully saturated rings. The van der Waals surface area contributed by atoms with Gasteiger partial charge in [0.2, 0.25) is 21.8 Å². The van der Waals surface area contributed by atoms with Crippen LogP contribution in [0.3, 0.4) is 0 Å². The van der Waals surface area contributed by atoms with E-state index in [9.17, 15) is 18.0 Å². The van der Waals surface area contributed by atoms with Gasteiger partial charge in [-0.15, -0.1) is 0 Å². The topological polar surface area (TPSA) is 105 Å². The first-order chi connectivity index (χ1) is 14.9. The molecule has 0 aromatic rings. The van der Waals surface area contributed by atoms with E-state index in [1.54, 1.807) is 50.0 Å². The number of rotatable bonds is 11. The van der Waals surface area contributed by atoms with Crippen LogP contribution in [0, 0.1) is 0 Å². The molecule has 0 aliphatic carbocycles. The minimum absolute atomic E-state index is 0.0187. The quantitative estimate of drug-likeness (QED) is 0.358. The van der Waals surface area contributed by atoms with E-state index in [-0.39, 0.29) is 36.9 Å². The Morgan fingerprint density at radius 2 is 1.78 bits per heavy atom. The number of nitrogens with one attached hydrogen (secondary N) is 2. The number of ether oxygens (including phenoxy) is 1. The minimum Gasteiger partial charge on any atom is -0.372 e. The highest BCUT2D eigenvalue weighted by atomic mass is 32.2. The summed E-state index contributed by atoms with van der Waals surface area (Å²) >= 11 is 0. The molecule has 2 unspecified atom stereocenters. The highest BCUT2D eigenvalue weighted by molar-refractivity contribution is 7.90. The zero-order valence-electron chi connectivity index (χ0n) is 20.0. The molecule has 1 saturated heterocycles. The molecular weight excluding hydrogens is 430 g/mol. The van der Waals surface area contributed by atoms with Gasteiger partial charge in [-0.1, -0.05) is 18.7 Å². The van der Waals surface area contributed by atoms with Crippen LogP contribution in [0.1, 0.15) is 60.3 Å². The number of allylic oxidation sites excluding steroid dienone is 3. The maximum absolute atomic E-state index is 12.4. The highest BCUT2D eigenvalue weighted by Gasteiger charge is 2.28. The van der Waals surface area contributed by atoms with Gasteiger partial charge in [0, 0.05) is 38.2 Å². The van der Waals surface area contributed by atoms with E-state index in [0.717, 1.165) is 0 Å². The van der Waals surface area contributed by atoms with Gasteiger partial charge in [0.15, 0.2) is 0 Å². The average molecular weight is 470 g/mol. The summed E-state index contributed by atoms with van der Waals surface area (Å²) < 4.78 is 31.4. The lowest BCUT2D eigenvalue weighted by Gasteiger charge is -2.35. The third kappa shape index (κ3) is 10.1. The lowest BCUT2D eigenvalue weighted by atomic mass is 10.2. The summed E-state index contributed by atoms with van der Waals surface area (Å²) in [6.07, 6.45) is 8.30. The normalized spacial score (nSPS) is 20.4. The largest absolute Gasteiger partial charge is 0.372 e. The average Bonchev–Trinajstić information content (AvgIpc) is 2.66. The van der Waals surface area contributed by atoms with Crippen molar-refractivity contribution in [3.05, 3.63) is 36.6 Å². The molecule has 1 heterocycles. The Balaban J connectivity index is 2.42. The van der Waals surface area contributed by atoms with Crippen molar-refractivity contribution in [3.8, 4) is 0 Å². The SMILES string of the molecule is C=C/C=C(\C=C/CC(=O)N1CC(C)OC(C)C1)NC(=O)CCCCNS(=O)(=O)C(C)(C)C. The van der Waals surface area contributed by atoms with Crippen molar-refractivity contribution in [3.63, 3.8) is 0 Å². The lowest BCUT2D eigenvalue weighted by Crippen LogP contribution is -2.48. The van der Waals surface area contributed by atoms with Crippen LogP contribution in [0.15, 0.2) is 36.6 Å². The molecule has 2 atom stereocenters. The standard InChI is InChI=1S/C23H39N3O5S/c1-7-11-20(12-10-14-22(28)26-16-18(2)31-19(3)17-26)25-21(27)13-8-9-15-24-32(29,30)23(4,5)6/h7,10-12,18-19,24H,1,8-9,13-17H2,2-6H3,(H,25,27)/b12-10-,20-11+. The first-order valence-electron chi connectivity index (χ1n) is 11.1. The number of hydrogen-bond acceptors (Lipinski definition) is 5. The molecule has 1 aliphatic heterocycles. The van der Waals surface area contributed by atoms with Crippen LogP contribution < -0.4 is 10.0 Å². The van der Waals surface area contributed by atoms with Gasteiger partial charge in [-0.25, -0.2) is 13.1 Å². The number of morpholine rings is 1. The number of unbranched alkanes of at least 4 members (excludes halogenated alkanes) is 1. The molecule has 2 N–H and O–H groups in total. The Labute approximate surface area is 193 Å². The van der Waals surface area contributed by atoms with Gasteiger partial charge < -0.3 is 15.0 Å². The van der Waals surface area contributed by atoms with Crippen molar-refractivity contribution < 1.29 is 22.7 Å². The van der Waals surface area contributed by atoms with Crippen molar-refractivity contribution in [2.75, 3.05) is 19.6 Å². The zero-order chi connectivity index (χ0) is 24.4. The summed E-state index contributed by atoms with van der Waals surface area (Å²) in [5.74, 6) is -0.158.